The molecule has 1 aliphatic carbocycles. The molecule has 0 aliphatic heterocycles. The van der Waals surface area contributed by atoms with E-state index >= 15 is 0 Å². The second-order valence-corrected chi connectivity index (χ2v) is 6.60. The molecule has 25 heavy (non-hydrogen) atoms. The van der Waals surface area contributed by atoms with Crippen molar-refractivity contribution >= 4 is 16.9 Å². The normalized spacial score (nSPS) is 19.1. The number of hydrogen-bond donors (Lipinski definition) is 2. The van der Waals surface area contributed by atoms with Crippen molar-refractivity contribution in [2.75, 3.05) is 6.54 Å². The van der Waals surface area contributed by atoms with Crippen molar-refractivity contribution < 1.29 is 9.18 Å². The number of aromatic nitrogens is 2. The van der Waals surface area contributed by atoms with Crippen LogP contribution in [0.5, 0.6) is 0 Å². The number of amides is 1. The average molecular weight is 337 g/mol. The first-order valence-corrected chi connectivity index (χ1v) is 8.67. The highest BCUT2D eigenvalue weighted by Crippen LogP contribution is 2.47. The van der Waals surface area contributed by atoms with E-state index in [0.29, 0.717) is 6.54 Å². The van der Waals surface area contributed by atoms with Gasteiger partial charge in [-0.2, -0.15) is 0 Å². The lowest BCUT2D eigenvalue weighted by Gasteiger charge is -2.04. The lowest BCUT2D eigenvalue weighted by Crippen LogP contribution is -2.26. The van der Waals surface area contributed by atoms with Crippen LogP contribution in [0.2, 0.25) is 0 Å². The van der Waals surface area contributed by atoms with Crippen LogP contribution in [-0.2, 0) is 11.2 Å². The number of aromatic amines is 1. The van der Waals surface area contributed by atoms with Crippen molar-refractivity contribution in [2.24, 2.45) is 5.92 Å². The quantitative estimate of drug-likeness (QED) is 0.676. The van der Waals surface area contributed by atoms with E-state index in [1.54, 1.807) is 12.1 Å². The summed E-state index contributed by atoms with van der Waals surface area (Å²) in [5, 5.41) is 3.01. The van der Waals surface area contributed by atoms with Crippen molar-refractivity contribution in [1.82, 2.24) is 15.3 Å². The molecule has 2 atom stereocenters. The molecular formula is C20H20FN3O. The summed E-state index contributed by atoms with van der Waals surface area (Å²) < 4.78 is 13.0. The Morgan fingerprint density at radius 1 is 1.20 bits per heavy atom. The fraction of sp³-hybridized carbons (Fsp3) is 0.300. The van der Waals surface area contributed by atoms with E-state index in [1.807, 2.05) is 24.3 Å². The standard InChI is InChI=1S/C20H20FN3O/c21-14-9-7-13(8-10-14)15-12-16(15)20(25)22-11-3-6-19-23-17-4-1-2-5-18(17)24-19/h1-2,4-5,7-10,15-16H,3,6,11-12H2,(H,22,25)(H,23,24)/t15-,16+/m0/s1. The molecule has 0 saturated heterocycles. The van der Waals surface area contributed by atoms with Gasteiger partial charge in [0.2, 0.25) is 5.91 Å². The Labute approximate surface area is 145 Å². The van der Waals surface area contributed by atoms with Gasteiger partial charge in [-0.15, -0.1) is 0 Å². The van der Waals surface area contributed by atoms with Gasteiger partial charge in [-0.25, -0.2) is 9.37 Å². The van der Waals surface area contributed by atoms with Crippen molar-refractivity contribution in [3.63, 3.8) is 0 Å². The zero-order chi connectivity index (χ0) is 17.2. The largest absolute Gasteiger partial charge is 0.356 e. The van der Waals surface area contributed by atoms with E-state index in [0.717, 1.165) is 41.7 Å². The molecule has 3 aromatic rings. The predicted molar refractivity (Wildman–Crippen MR) is 94.7 cm³/mol. The van der Waals surface area contributed by atoms with E-state index in [9.17, 15) is 9.18 Å². The Hall–Kier alpha value is -2.69. The van der Waals surface area contributed by atoms with E-state index in [2.05, 4.69) is 15.3 Å². The van der Waals surface area contributed by atoms with Crippen molar-refractivity contribution in [1.29, 1.82) is 0 Å². The maximum atomic E-state index is 13.0. The first kappa shape index (κ1) is 15.8. The first-order valence-electron chi connectivity index (χ1n) is 8.67. The number of aryl methyl sites for hydroxylation is 1. The molecule has 1 aliphatic rings. The van der Waals surface area contributed by atoms with Gasteiger partial charge < -0.3 is 10.3 Å². The second-order valence-electron chi connectivity index (χ2n) is 6.60. The Morgan fingerprint density at radius 2 is 2.00 bits per heavy atom. The van der Waals surface area contributed by atoms with Gasteiger partial charge in [-0.3, -0.25) is 4.79 Å². The number of nitrogens with zero attached hydrogens (tertiary/aromatic N) is 1. The molecule has 0 bridgehead atoms. The zero-order valence-corrected chi connectivity index (χ0v) is 13.8. The lowest BCUT2D eigenvalue weighted by molar-refractivity contribution is -0.122. The highest BCUT2D eigenvalue weighted by atomic mass is 19.1. The highest BCUT2D eigenvalue weighted by molar-refractivity contribution is 5.82. The number of rotatable bonds is 6. The summed E-state index contributed by atoms with van der Waals surface area (Å²) >= 11 is 0. The van der Waals surface area contributed by atoms with Gasteiger partial charge in [0.05, 0.1) is 11.0 Å². The maximum absolute atomic E-state index is 13.0. The molecule has 1 saturated carbocycles. The summed E-state index contributed by atoms with van der Waals surface area (Å²) in [6.07, 6.45) is 2.50. The molecule has 1 aromatic heterocycles. The van der Waals surface area contributed by atoms with Crippen LogP contribution < -0.4 is 5.32 Å². The molecule has 5 heteroatoms. The zero-order valence-electron chi connectivity index (χ0n) is 13.8. The SMILES string of the molecule is O=C(NCCCc1nc2ccccc2[nH]1)[C@@H]1C[C@H]1c1ccc(F)cc1. The Morgan fingerprint density at radius 3 is 2.80 bits per heavy atom. The van der Waals surface area contributed by atoms with E-state index in [1.165, 1.54) is 12.1 Å². The van der Waals surface area contributed by atoms with Gasteiger partial charge >= 0.3 is 0 Å². The third-order valence-corrected chi connectivity index (χ3v) is 4.75. The van der Waals surface area contributed by atoms with Crippen LogP contribution in [0.15, 0.2) is 48.5 Å². The fourth-order valence-electron chi connectivity index (χ4n) is 3.29. The number of para-hydroxylation sites is 2. The summed E-state index contributed by atoms with van der Waals surface area (Å²) in [5.41, 5.74) is 3.06. The average Bonchev–Trinajstić information content (AvgIpc) is 3.31. The number of benzene rings is 2. The smallest absolute Gasteiger partial charge is 0.223 e. The number of carbonyl (C=O) groups excluding carboxylic acids is 1. The molecule has 4 rings (SSSR count). The Bertz CT molecular complexity index is 854. The van der Waals surface area contributed by atoms with Crippen molar-refractivity contribution in [2.45, 2.75) is 25.2 Å². The molecule has 0 radical (unpaired) electrons. The summed E-state index contributed by atoms with van der Waals surface area (Å²) in [4.78, 5) is 20.0. The van der Waals surface area contributed by atoms with Crippen LogP contribution in [0, 0.1) is 11.7 Å². The summed E-state index contributed by atoms with van der Waals surface area (Å²) in [7, 11) is 0. The van der Waals surface area contributed by atoms with Crippen LogP contribution in [-0.4, -0.2) is 22.4 Å². The molecule has 2 N–H and O–H groups in total. The second kappa shape index (κ2) is 6.67. The number of halogens is 1. The van der Waals surface area contributed by atoms with Gasteiger partial charge in [-0.1, -0.05) is 24.3 Å². The van der Waals surface area contributed by atoms with Crippen LogP contribution in [0.4, 0.5) is 4.39 Å². The number of hydrogen-bond acceptors (Lipinski definition) is 2. The number of H-pyrrole nitrogens is 1. The number of fused-ring (bicyclic) bond motifs is 1. The monoisotopic (exact) mass is 337 g/mol. The van der Waals surface area contributed by atoms with Crippen molar-refractivity contribution in [3.8, 4) is 0 Å². The number of imidazole rings is 1. The number of nitrogens with one attached hydrogen (secondary N) is 2. The molecule has 0 unspecified atom stereocenters. The Balaban J connectivity index is 1.22. The molecule has 1 amide bonds. The van der Waals surface area contributed by atoms with Gasteiger partial charge in [0.15, 0.2) is 0 Å². The molecule has 4 nitrogen and oxygen atoms in total. The summed E-state index contributed by atoms with van der Waals surface area (Å²) in [6.45, 7) is 0.641. The predicted octanol–water partition coefficient (Wildman–Crippen LogP) is 3.55. The minimum atomic E-state index is -0.240. The molecular weight excluding hydrogens is 317 g/mol. The number of carbonyl (C=O) groups is 1. The van der Waals surface area contributed by atoms with E-state index < -0.39 is 0 Å². The lowest BCUT2D eigenvalue weighted by atomic mass is 10.1. The van der Waals surface area contributed by atoms with E-state index in [-0.39, 0.29) is 23.6 Å². The van der Waals surface area contributed by atoms with Gasteiger partial charge in [0.1, 0.15) is 11.6 Å². The van der Waals surface area contributed by atoms with Gasteiger partial charge in [-0.05, 0) is 48.6 Å². The fourth-order valence-corrected chi connectivity index (χ4v) is 3.29. The highest BCUT2D eigenvalue weighted by Gasteiger charge is 2.43. The molecule has 1 heterocycles. The minimum Gasteiger partial charge on any atom is -0.356 e. The maximum Gasteiger partial charge on any atom is 0.223 e. The molecule has 128 valence electrons. The molecule has 2 aromatic carbocycles. The topological polar surface area (TPSA) is 57.8 Å². The van der Waals surface area contributed by atoms with Crippen LogP contribution in [0.25, 0.3) is 11.0 Å². The van der Waals surface area contributed by atoms with Crippen LogP contribution in [0.1, 0.15) is 30.1 Å². The van der Waals surface area contributed by atoms with Crippen molar-refractivity contribution in [3.05, 3.63) is 65.7 Å². The third kappa shape index (κ3) is 3.55. The molecule has 0 spiro atoms. The Kier molecular flexibility index (Phi) is 4.22. The van der Waals surface area contributed by atoms with Gasteiger partial charge in [0, 0.05) is 18.9 Å². The first-order chi connectivity index (χ1) is 12.2. The molecule has 1 fully saturated rings. The van der Waals surface area contributed by atoms with Crippen LogP contribution in [0.3, 0.4) is 0 Å². The third-order valence-electron chi connectivity index (χ3n) is 4.75. The van der Waals surface area contributed by atoms with Crippen LogP contribution >= 0.6 is 0 Å². The summed E-state index contributed by atoms with van der Waals surface area (Å²) in [6, 6.07) is 14.4. The van der Waals surface area contributed by atoms with Gasteiger partial charge in [0.25, 0.3) is 0 Å². The van der Waals surface area contributed by atoms with E-state index in [4.69, 9.17) is 0 Å². The minimum absolute atomic E-state index is 0.0247. The summed E-state index contributed by atoms with van der Waals surface area (Å²) in [5.74, 6) is 1.06.